The van der Waals surface area contributed by atoms with Crippen molar-refractivity contribution >= 4 is 6.09 Å². The molecule has 0 saturated carbocycles. The summed E-state index contributed by atoms with van der Waals surface area (Å²) in [7, 11) is 0. The highest BCUT2D eigenvalue weighted by Crippen LogP contribution is 2.18. The topological polar surface area (TPSA) is 67.6 Å². The average Bonchev–Trinajstić information content (AvgIpc) is 2.32. The van der Waals surface area contributed by atoms with Crippen molar-refractivity contribution < 1.29 is 9.53 Å². The zero-order valence-electron chi connectivity index (χ0n) is 13.4. The molecule has 2 unspecified atom stereocenters. The van der Waals surface area contributed by atoms with Gasteiger partial charge in [-0.2, -0.15) is 0 Å². The first-order valence-electron chi connectivity index (χ1n) is 7.73. The molecule has 0 aliphatic carbocycles. The fraction of sp³-hybridized carbons (Fsp3) is 0.933. The summed E-state index contributed by atoms with van der Waals surface area (Å²) in [5.41, 5.74) is 5.44. The van der Waals surface area contributed by atoms with E-state index in [0.717, 1.165) is 25.4 Å². The Bertz CT molecular complexity index is 302. The lowest BCUT2D eigenvalue weighted by Gasteiger charge is -2.36. The number of amides is 1. The molecule has 5 heteroatoms. The summed E-state index contributed by atoms with van der Waals surface area (Å²) in [4.78, 5) is 14.0. The van der Waals surface area contributed by atoms with Crippen LogP contribution in [0, 0.1) is 5.92 Å². The number of rotatable bonds is 5. The molecule has 2 atom stereocenters. The molecule has 1 aliphatic heterocycles. The molecular formula is C15H31N3O2. The third kappa shape index (κ3) is 6.57. The number of piperidine rings is 1. The van der Waals surface area contributed by atoms with E-state index in [1.165, 1.54) is 12.8 Å². The lowest BCUT2D eigenvalue weighted by Crippen LogP contribution is -2.47. The van der Waals surface area contributed by atoms with Gasteiger partial charge in [0.05, 0.1) is 0 Å². The molecule has 3 N–H and O–H groups in total. The summed E-state index contributed by atoms with van der Waals surface area (Å²) in [6.45, 7) is 11.4. The van der Waals surface area contributed by atoms with Crippen LogP contribution >= 0.6 is 0 Å². The number of carbonyl (C=O) groups is 1. The molecule has 20 heavy (non-hydrogen) atoms. The summed E-state index contributed by atoms with van der Waals surface area (Å²) in [5, 5.41) is 2.81. The lowest BCUT2D eigenvalue weighted by molar-refractivity contribution is 0.0518. The quantitative estimate of drug-likeness (QED) is 0.810. The number of hydrogen-bond acceptors (Lipinski definition) is 4. The van der Waals surface area contributed by atoms with Crippen LogP contribution in [0.1, 0.15) is 47.0 Å². The summed E-state index contributed by atoms with van der Waals surface area (Å²) in [6, 6.07) is 0.354. The van der Waals surface area contributed by atoms with E-state index >= 15 is 0 Å². The first kappa shape index (κ1) is 17.2. The van der Waals surface area contributed by atoms with Gasteiger partial charge in [-0.3, -0.25) is 4.90 Å². The van der Waals surface area contributed by atoms with E-state index in [-0.39, 0.29) is 6.09 Å². The number of nitrogens with one attached hydrogen (secondary N) is 1. The number of nitrogens with two attached hydrogens (primary N) is 1. The van der Waals surface area contributed by atoms with Gasteiger partial charge in [0.25, 0.3) is 0 Å². The molecule has 0 aromatic rings. The molecule has 0 bridgehead atoms. The summed E-state index contributed by atoms with van der Waals surface area (Å²) < 4.78 is 5.22. The number of likely N-dealkylation sites (tertiary alicyclic amines) is 1. The van der Waals surface area contributed by atoms with Crippen molar-refractivity contribution in [3.63, 3.8) is 0 Å². The van der Waals surface area contributed by atoms with Crippen LogP contribution in [-0.4, -0.2) is 48.8 Å². The van der Waals surface area contributed by atoms with Crippen molar-refractivity contribution in [3.05, 3.63) is 0 Å². The number of nitrogens with zero attached hydrogens (tertiary/aromatic N) is 1. The number of hydrogen-bond donors (Lipinski definition) is 2. The fourth-order valence-corrected chi connectivity index (χ4v) is 2.66. The van der Waals surface area contributed by atoms with Gasteiger partial charge in [-0.15, -0.1) is 0 Å². The van der Waals surface area contributed by atoms with Crippen molar-refractivity contribution in [1.82, 2.24) is 10.2 Å². The minimum absolute atomic E-state index is 0.347. The van der Waals surface area contributed by atoms with Gasteiger partial charge >= 0.3 is 6.09 Å². The van der Waals surface area contributed by atoms with Gasteiger partial charge in [-0.1, -0.05) is 6.92 Å². The highest BCUT2D eigenvalue weighted by molar-refractivity contribution is 5.67. The van der Waals surface area contributed by atoms with E-state index in [4.69, 9.17) is 10.5 Å². The molecule has 0 spiro atoms. The average molecular weight is 285 g/mol. The molecule has 1 heterocycles. The van der Waals surface area contributed by atoms with Crippen LogP contribution in [-0.2, 0) is 4.74 Å². The molecule has 118 valence electrons. The van der Waals surface area contributed by atoms with Gasteiger partial charge in [0.2, 0.25) is 0 Å². The largest absolute Gasteiger partial charge is 0.444 e. The Morgan fingerprint density at radius 2 is 2.20 bits per heavy atom. The van der Waals surface area contributed by atoms with Crippen LogP contribution in [0.15, 0.2) is 0 Å². The molecular weight excluding hydrogens is 254 g/mol. The molecule has 1 saturated heterocycles. The Balaban J connectivity index is 2.29. The summed E-state index contributed by atoms with van der Waals surface area (Å²) in [6.07, 6.45) is 3.09. The number of carbonyl (C=O) groups excluding carboxylic acids is 1. The molecule has 0 radical (unpaired) electrons. The summed E-state index contributed by atoms with van der Waals surface area (Å²) >= 11 is 0. The first-order valence-corrected chi connectivity index (χ1v) is 7.73. The van der Waals surface area contributed by atoms with Gasteiger partial charge in [0.1, 0.15) is 5.60 Å². The van der Waals surface area contributed by atoms with Crippen LogP contribution in [0.3, 0.4) is 0 Å². The van der Waals surface area contributed by atoms with Gasteiger partial charge in [-0.25, -0.2) is 4.79 Å². The fourth-order valence-electron chi connectivity index (χ4n) is 2.66. The number of alkyl carbamates (subject to hydrolysis) is 1. The molecule has 0 aromatic heterocycles. The van der Waals surface area contributed by atoms with E-state index in [1.54, 1.807) is 0 Å². The molecule has 1 fully saturated rings. The van der Waals surface area contributed by atoms with Crippen molar-refractivity contribution in [1.29, 1.82) is 0 Å². The highest BCUT2D eigenvalue weighted by Gasteiger charge is 2.23. The second kappa shape index (κ2) is 7.84. The van der Waals surface area contributed by atoms with E-state index in [9.17, 15) is 4.79 Å². The monoisotopic (exact) mass is 285 g/mol. The van der Waals surface area contributed by atoms with Crippen molar-refractivity contribution in [2.45, 2.75) is 58.6 Å². The van der Waals surface area contributed by atoms with Crippen molar-refractivity contribution in [3.8, 4) is 0 Å². The molecule has 1 rings (SSSR count). The predicted molar refractivity (Wildman–Crippen MR) is 81.7 cm³/mol. The lowest BCUT2D eigenvalue weighted by atomic mass is 9.98. The van der Waals surface area contributed by atoms with E-state index in [0.29, 0.717) is 19.1 Å². The van der Waals surface area contributed by atoms with Crippen molar-refractivity contribution in [2.24, 2.45) is 11.7 Å². The standard InChI is InChI=1S/C15H31N3O2/c1-12-6-5-9-18(11-12)13(10-16)7-8-17-14(19)20-15(2,3)4/h12-13H,5-11,16H2,1-4H3,(H,17,19). The Labute approximate surface area is 123 Å². The second-order valence-electron chi connectivity index (χ2n) is 6.85. The Morgan fingerprint density at radius 1 is 1.50 bits per heavy atom. The van der Waals surface area contributed by atoms with Gasteiger partial charge in [0.15, 0.2) is 0 Å². The molecule has 1 amide bonds. The highest BCUT2D eigenvalue weighted by atomic mass is 16.6. The zero-order chi connectivity index (χ0) is 15.2. The Morgan fingerprint density at radius 3 is 2.75 bits per heavy atom. The van der Waals surface area contributed by atoms with E-state index in [1.807, 2.05) is 20.8 Å². The summed E-state index contributed by atoms with van der Waals surface area (Å²) in [5.74, 6) is 0.747. The zero-order valence-corrected chi connectivity index (χ0v) is 13.4. The maximum absolute atomic E-state index is 11.6. The second-order valence-corrected chi connectivity index (χ2v) is 6.85. The van der Waals surface area contributed by atoms with Gasteiger partial charge in [-0.05, 0) is 52.5 Å². The van der Waals surface area contributed by atoms with Crippen LogP contribution in [0.5, 0.6) is 0 Å². The van der Waals surface area contributed by atoms with Crippen LogP contribution in [0.4, 0.5) is 4.79 Å². The Hall–Kier alpha value is -0.810. The SMILES string of the molecule is CC1CCCN(C(CN)CCNC(=O)OC(C)(C)C)C1. The normalized spacial score (nSPS) is 22.4. The van der Waals surface area contributed by atoms with Crippen molar-refractivity contribution in [2.75, 3.05) is 26.2 Å². The third-order valence-electron chi connectivity index (χ3n) is 3.62. The number of ether oxygens (including phenoxy) is 1. The molecule has 0 aromatic carbocycles. The van der Waals surface area contributed by atoms with Crippen LogP contribution in [0.2, 0.25) is 0 Å². The Kier molecular flexibility index (Phi) is 6.76. The predicted octanol–water partition coefficient (Wildman–Crippen LogP) is 1.96. The maximum Gasteiger partial charge on any atom is 0.407 e. The smallest absolute Gasteiger partial charge is 0.407 e. The van der Waals surface area contributed by atoms with Crippen LogP contribution in [0.25, 0.3) is 0 Å². The minimum Gasteiger partial charge on any atom is -0.444 e. The maximum atomic E-state index is 11.6. The van der Waals surface area contributed by atoms with E-state index < -0.39 is 5.60 Å². The first-order chi connectivity index (χ1) is 9.31. The molecule has 5 nitrogen and oxygen atoms in total. The van der Waals surface area contributed by atoms with Crippen LogP contribution < -0.4 is 11.1 Å². The minimum atomic E-state index is -0.445. The molecule has 1 aliphatic rings. The van der Waals surface area contributed by atoms with E-state index in [2.05, 4.69) is 17.1 Å². The van der Waals surface area contributed by atoms with Gasteiger partial charge < -0.3 is 15.8 Å². The third-order valence-corrected chi connectivity index (χ3v) is 3.62. The van der Waals surface area contributed by atoms with Gasteiger partial charge in [0, 0.05) is 25.7 Å².